The molecule has 2 atom stereocenters. The van der Waals surface area contributed by atoms with Crippen molar-refractivity contribution in [1.82, 2.24) is 20.4 Å². The SMILES string of the molecule is CCCCCC[N+](=O)[O-].Cc1cccc(Cl)c1C(=O)NC(Cc1ccc(NC(=O)c2c(Cl)cccc2Cl)cc1)C(=O)O.Cc1cccc(Cl)c1C(=O)NC(Cc1ccc(NC(=O)c2c(Cl)cccc2Cl)cc1)C(=O)OCCN1CCOCC1.OCCN1CCOCC1. The highest BCUT2D eigenvalue weighted by Gasteiger charge is 2.27. The first-order chi connectivity index (χ1) is 44.1. The summed E-state index contributed by atoms with van der Waals surface area (Å²) in [7, 11) is 0. The van der Waals surface area contributed by atoms with E-state index in [0.717, 1.165) is 77.2 Å². The van der Waals surface area contributed by atoms with E-state index in [1.54, 1.807) is 135 Å². The molecule has 4 amide bonds. The maximum Gasteiger partial charge on any atom is 0.329 e. The number of nitro groups is 1. The maximum atomic E-state index is 13.2. The zero-order chi connectivity index (χ0) is 67.1. The Morgan fingerprint density at radius 3 is 1.30 bits per heavy atom. The van der Waals surface area contributed by atoms with Crippen LogP contribution in [0.25, 0.3) is 0 Å². The van der Waals surface area contributed by atoms with Gasteiger partial charge in [-0.25, -0.2) is 9.59 Å². The van der Waals surface area contributed by atoms with Crippen molar-refractivity contribution in [2.75, 3.05) is 96.1 Å². The van der Waals surface area contributed by atoms with Crippen LogP contribution in [-0.4, -0.2) is 158 Å². The molecule has 20 nitrogen and oxygen atoms in total. The number of nitrogens with one attached hydrogen (secondary N) is 4. The van der Waals surface area contributed by atoms with Gasteiger partial charge < -0.3 is 45.7 Å². The number of hydrogen-bond donors (Lipinski definition) is 6. The number of esters is 1. The van der Waals surface area contributed by atoms with Crippen LogP contribution in [0.2, 0.25) is 30.1 Å². The Hall–Kier alpha value is -6.92. The molecule has 6 aromatic rings. The van der Waals surface area contributed by atoms with Gasteiger partial charge in [0.15, 0.2) is 0 Å². The smallest absolute Gasteiger partial charge is 0.329 e. The first kappa shape index (κ1) is 75.8. The average molecular weight is 1390 g/mol. The molecule has 494 valence electrons. The lowest BCUT2D eigenvalue weighted by atomic mass is 10.0. The van der Waals surface area contributed by atoms with E-state index in [1.165, 1.54) is 0 Å². The van der Waals surface area contributed by atoms with E-state index < -0.39 is 47.7 Å². The Bertz CT molecular complexity index is 3330. The number of aliphatic carboxylic acids is 1. The van der Waals surface area contributed by atoms with Crippen molar-refractivity contribution in [3.63, 3.8) is 0 Å². The molecule has 92 heavy (non-hydrogen) atoms. The highest BCUT2D eigenvalue weighted by Crippen LogP contribution is 2.28. The molecule has 2 aliphatic heterocycles. The topological polar surface area (TPSA) is 268 Å². The minimum absolute atomic E-state index is 0.0368. The molecule has 2 unspecified atom stereocenters. The van der Waals surface area contributed by atoms with E-state index in [9.17, 15) is 44.0 Å². The van der Waals surface area contributed by atoms with Gasteiger partial charge in [0, 0.05) is 74.8 Å². The van der Waals surface area contributed by atoms with Crippen molar-refractivity contribution in [2.45, 2.75) is 71.4 Å². The molecule has 0 radical (unpaired) electrons. The summed E-state index contributed by atoms with van der Waals surface area (Å²) in [4.78, 5) is 89.8. The number of carboxylic acids is 1. The van der Waals surface area contributed by atoms with Gasteiger partial charge in [-0.1, -0.05) is 150 Å². The number of carbonyl (C=O) groups is 6. The van der Waals surface area contributed by atoms with E-state index in [0.29, 0.717) is 58.4 Å². The lowest BCUT2D eigenvalue weighted by Crippen LogP contribution is -2.45. The summed E-state index contributed by atoms with van der Waals surface area (Å²) in [5, 5.41) is 40.2. The number of hydrogen-bond acceptors (Lipinski definition) is 14. The van der Waals surface area contributed by atoms with E-state index in [2.05, 4.69) is 38.0 Å². The van der Waals surface area contributed by atoms with E-state index >= 15 is 0 Å². The van der Waals surface area contributed by atoms with Crippen LogP contribution < -0.4 is 21.3 Å². The van der Waals surface area contributed by atoms with Crippen LogP contribution in [0, 0.1) is 24.0 Å². The largest absolute Gasteiger partial charge is 0.480 e. The summed E-state index contributed by atoms with van der Waals surface area (Å²) >= 11 is 36.8. The number of nitrogens with zero attached hydrogens (tertiary/aromatic N) is 3. The monoisotopic (exact) mass is 1380 g/mol. The number of aryl methyl sites for hydroxylation is 2. The molecular weight excluding hydrogens is 1310 g/mol. The third kappa shape index (κ3) is 25.5. The number of anilines is 2. The highest BCUT2D eigenvalue weighted by molar-refractivity contribution is 6.41. The van der Waals surface area contributed by atoms with Gasteiger partial charge >= 0.3 is 11.9 Å². The van der Waals surface area contributed by atoms with Crippen LogP contribution >= 0.6 is 69.6 Å². The minimum Gasteiger partial charge on any atom is -0.480 e. The third-order valence-corrected chi connectivity index (χ3v) is 16.1. The quantitative estimate of drug-likeness (QED) is 0.0142. The van der Waals surface area contributed by atoms with Crippen LogP contribution in [-0.2, 0) is 36.6 Å². The normalized spacial score (nSPS) is 13.6. The fourth-order valence-electron chi connectivity index (χ4n) is 9.26. The van der Waals surface area contributed by atoms with Crippen LogP contribution in [0.5, 0.6) is 0 Å². The van der Waals surface area contributed by atoms with Crippen molar-refractivity contribution < 1.29 is 58.1 Å². The van der Waals surface area contributed by atoms with E-state index in [4.69, 9.17) is 88.9 Å². The molecule has 26 heteroatoms. The second-order valence-corrected chi connectivity index (χ2v) is 23.5. The molecule has 2 saturated heterocycles. The van der Waals surface area contributed by atoms with Gasteiger partial charge in [0.2, 0.25) is 6.54 Å². The second-order valence-electron chi connectivity index (χ2n) is 21.1. The predicted molar refractivity (Wildman–Crippen MR) is 360 cm³/mol. The number of aliphatic hydroxyl groups excluding tert-OH is 1. The number of benzene rings is 6. The number of β-amino-alcohol motifs (C(OH)–C–C–N with tert-alkyl or cyclic N) is 1. The van der Waals surface area contributed by atoms with Crippen molar-refractivity contribution in [1.29, 1.82) is 0 Å². The summed E-state index contributed by atoms with van der Waals surface area (Å²) in [5.74, 6) is -3.68. The van der Waals surface area contributed by atoms with Crippen LogP contribution in [0.4, 0.5) is 11.4 Å². The lowest BCUT2D eigenvalue weighted by Gasteiger charge is -2.26. The summed E-state index contributed by atoms with van der Waals surface area (Å²) in [6, 6.07) is 31.1. The lowest BCUT2D eigenvalue weighted by molar-refractivity contribution is -0.480. The molecule has 6 aromatic carbocycles. The molecule has 2 heterocycles. The second kappa shape index (κ2) is 40.2. The number of ether oxygens (including phenoxy) is 3. The van der Waals surface area contributed by atoms with Crippen molar-refractivity contribution in [3.05, 3.63) is 206 Å². The Morgan fingerprint density at radius 1 is 0.543 bits per heavy atom. The first-order valence-corrected chi connectivity index (χ1v) is 31.9. The van der Waals surface area contributed by atoms with Gasteiger partial charge in [-0.3, -0.25) is 39.1 Å². The Labute approximate surface area is 565 Å². The Balaban J connectivity index is 0.000000266. The first-order valence-electron chi connectivity index (χ1n) is 29.6. The number of carboxylic acid groups (broad SMARTS) is 1. The fraction of sp³-hybridized carbons (Fsp3) is 0.364. The maximum absolute atomic E-state index is 13.2. The van der Waals surface area contributed by atoms with Crippen molar-refractivity contribution >= 4 is 117 Å². The van der Waals surface area contributed by atoms with Crippen molar-refractivity contribution in [3.8, 4) is 0 Å². The zero-order valence-corrected chi connectivity index (χ0v) is 55.7. The van der Waals surface area contributed by atoms with Crippen LogP contribution in [0.3, 0.4) is 0 Å². The van der Waals surface area contributed by atoms with E-state index in [1.807, 2.05) is 0 Å². The van der Waals surface area contributed by atoms with Gasteiger partial charge in [-0.2, -0.15) is 0 Å². The van der Waals surface area contributed by atoms with Gasteiger partial charge in [-0.15, -0.1) is 0 Å². The Kier molecular flexibility index (Phi) is 33.2. The van der Waals surface area contributed by atoms with E-state index in [-0.39, 0.29) is 79.3 Å². The van der Waals surface area contributed by atoms with Gasteiger partial charge in [0.05, 0.1) is 85.4 Å². The summed E-state index contributed by atoms with van der Waals surface area (Å²) < 4.78 is 16.1. The number of morpholine rings is 2. The molecule has 0 aromatic heterocycles. The average Bonchev–Trinajstić information content (AvgIpc) is 1.09. The summed E-state index contributed by atoms with van der Waals surface area (Å²) in [5.41, 5.74) is 4.58. The third-order valence-electron chi connectivity index (χ3n) is 14.2. The zero-order valence-electron chi connectivity index (χ0n) is 51.1. The summed E-state index contributed by atoms with van der Waals surface area (Å²) in [6.45, 7) is 14.0. The van der Waals surface area contributed by atoms with Crippen LogP contribution in [0.15, 0.2) is 121 Å². The molecule has 2 aliphatic rings. The molecule has 0 spiro atoms. The highest BCUT2D eigenvalue weighted by atomic mass is 35.5. The number of halogens is 6. The van der Waals surface area contributed by atoms with Crippen molar-refractivity contribution in [2.24, 2.45) is 0 Å². The number of unbranched alkanes of at least 4 members (excludes halogenated alkanes) is 3. The minimum atomic E-state index is -1.18. The number of aliphatic hydroxyl groups is 1. The van der Waals surface area contributed by atoms with Gasteiger partial charge in [-0.05, 0) is 103 Å². The molecule has 0 bridgehead atoms. The van der Waals surface area contributed by atoms with Gasteiger partial charge in [0.25, 0.3) is 23.6 Å². The van der Waals surface area contributed by atoms with Gasteiger partial charge in [0.1, 0.15) is 18.7 Å². The standard InChI is InChI=1S/C30H30Cl3N3O5.C24H19Cl3N2O4.2C6H13NO2/c1-19-4-2-5-22(31)26(19)28(37)35-25(30(39)41-17-14-36-12-15-40-16-13-36)18-20-8-10-21(11-9-20)34-29(38)27-23(32)6-3-7-24(27)33;1-13-4-2-5-16(25)20(13)22(30)29-19(24(32)33)12-14-8-10-15(11-9-14)28-23(31)21-17(26)6-3-7-18(21)27;8-4-1-7-2-5-9-6-3-7;1-2-3-4-5-6-7(8)9/h2-11,25H,12-18H2,1H3,(H,34,38)(H,35,37);2-11,19H,12H2,1H3,(H,28,31)(H,29,30)(H,32,33);8H,1-6H2;2-6H2,1H3. The van der Waals surface area contributed by atoms with Crippen LogP contribution in [0.1, 0.15) is 96.3 Å². The molecular formula is C66H75Cl6N7O13. The molecule has 2 fully saturated rings. The number of rotatable bonds is 24. The fourth-order valence-corrected chi connectivity index (χ4v) is 11.0. The summed E-state index contributed by atoms with van der Waals surface area (Å²) in [6.07, 6.45) is 4.19. The number of carbonyl (C=O) groups excluding carboxylic acids is 5. The molecule has 8 rings (SSSR count). The molecule has 6 N–H and O–H groups in total. The molecule has 0 aliphatic carbocycles. The Morgan fingerprint density at radius 2 is 0.924 bits per heavy atom. The number of amides is 4. The molecule has 0 saturated carbocycles. The predicted octanol–water partition coefficient (Wildman–Crippen LogP) is 12.2.